The Morgan fingerprint density at radius 1 is 1.03 bits per heavy atom. The highest BCUT2D eigenvalue weighted by molar-refractivity contribution is 5.70. The van der Waals surface area contributed by atoms with Crippen molar-refractivity contribution in [2.24, 2.45) is 0 Å². The first-order valence-electron chi connectivity index (χ1n) is 11.0. The highest BCUT2D eigenvalue weighted by Crippen LogP contribution is 2.42. The lowest BCUT2D eigenvalue weighted by Crippen LogP contribution is -2.43. The molecule has 3 aliphatic heterocycles. The van der Waals surface area contributed by atoms with Crippen molar-refractivity contribution in [1.82, 2.24) is 0 Å². The summed E-state index contributed by atoms with van der Waals surface area (Å²) in [5.41, 5.74) is 1.32. The van der Waals surface area contributed by atoms with Crippen LogP contribution in [0.3, 0.4) is 0 Å². The standard InChI is InChI=1S/C24H32O5/c25-23-18-20-10-7-14-24(28-20)15-13-22(29-24)21(26-16-5-2-6-17-27-23)12-11-19-8-3-1-4-9-19/h1-5,8-9,20-22H,6-7,10-18H2/t20?,21-,22-,24+/m0/s1. The average molecular weight is 401 g/mol. The molecule has 3 bridgehead atoms. The van der Waals surface area contributed by atoms with Crippen LogP contribution in [0.25, 0.3) is 0 Å². The van der Waals surface area contributed by atoms with E-state index < -0.39 is 5.79 Å². The number of aryl methyl sites for hydroxylation is 1. The minimum absolute atomic E-state index is 0.0305. The molecule has 4 atom stereocenters. The van der Waals surface area contributed by atoms with E-state index in [4.69, 9.17) is 18.9 Å². The van der Waals surface area contributed by atoms with Gasteiger partial charge in [0.05, 0.1) is 37.9 Å². The normalized spacial score (nSPS) is 33.5. The zero-order chi connectivity index (χ0) is 19.9. The van der Waals surface area contributed by atoms with E-state index in [0.29, 0.717) is 26.1 Å². The number of benzene rings is 1. The van der Waals surface area contributed by atoms with E-state index in [9.17, 15) is 4.79 Å². The Labute approximate surface area is 173 Å². The number of cyclic esters (lactones) is 1. The number of carbonyl (C=O) groups excluding carboxylic acids is 1. The maximum atomic E-state index is 12.1. The second-order valence-electron chi connectivity index (χ2n) is 8.32. The molecule has 0 radical (unpaired) electrons. The van der Waals surface area contributed by atoms with Gasteiger partial charge in [-0.25, -0.2) is 0 Å². The summed E-state index contributed by atoms with van der Waals surface area (Å²) in [6, 6.07) is 10.5. The van der Waals surface area contributed by atoms with Gasteiger partial charge in [0.2, 0.25) is 0 Å². The van der Waals surface area contributed by atoms with Crippen LogP contribution in [0.5, 0.6) is 0 Å². The molecule has 1 aromatic rings. The van der Waals surface area contributed by atoms with Gasteiger partial charge in [0.15, 0.2) is 5.79 Å². The molecular formula is C24H32O5. The molecule has 5 nitrogen and oxygen atoms in total. The van der Waals surface area contributed by atoms with Gasteiger partial charge in [-0.3, -0.25) is 4.79 Å². The van der Waals surface area contributed by atoms with E-state index in [1.807, 2.05) is 18.2 Å². The molecule has 2 saturated heterocycles. The molecule has 0 N–H and O–H groups in total. The number of carbonyl (C=O) groups is 1. The summed E-state index contributed by atoms with van der Waals surface area (Å²) in [7, 11) is 0. The fourth-order valence-electron chi connectivity index (χ4n) is 4.63. The number of rotatable bonds is 3. The van der Waals surface area contributed by atoms with Crippen molar-refractivity contribution in [2.45, 2.75) is 81.9 Å². The molecule has 0 aromatic heterocycles. The number of fused-ring (bicyclic) bond motifs is 2. The van der Waals surface area contributed by atoms with Crippen LogP contribution in [0.1, 0.15) is 56.9 Å². The van der Waals surface area contributed by atoms with Crippen molar-refractivity contribution in [3.63, 3.8) is 0 Å². The van der Waals surface area contributed by atoms with Crippen LogP contribution in [-0.2, 0) is 30.2 Å². The van der Waals surface area contributed by atoms with E-state index >= 15 is 0 Å². The summed E-state index contributed by atoms with van der Waals surface area (Å²) in [6.45, 7) is 0.952. The molecule has 4 rings (SSSR count). The monoisotopic (exact) mass is 400 g/mol. The summed E-state index contributed by atoms with van der Waals surface area (Å²) < 4.78 is 24.4. The fourth-order valence-corrected chi connectivity index (χ4v) is 4.63. The van der Waals surface area contributed by atoms with Gasteiger partial charge in [-0.1, -0.05) is 42.5 Å². The lowest BCUT2D eigenvalue weighted by molar-refractivity contribution is -0.279. The van der Waals surface area contributed by atoms with Gasteiger partial charge < -0.3 is 18.9 Å². The van der Waals surface area contributed by atoms with Crippen molar-refractivity contribution >= 4 is 5.97 Å². The maximum Gasteiger partial charge on any atom is 0.308 e. The third kappa shape index (κ3) is 5.68. The molecule has 1 spiro atoms. The van der Waals surface area contributed by atoms with Crippen LogP contribution in [0.2, 0.25) is 0 Å². The quantitative estimate of drug-likeness (QED) is 0.558. The Hall–Kier alpha value is -1.69. The molecule has 29 heavy (non-hydrogen) atoms. The molecule has 0 aliphatic carbocycles. The molecule has 1 aromatic carbocycles. The Morgan fingerprint density at radius 3 is 2.83 bits per heavy atom. The number of hydrogen-bond acceptors (Lipinski definition) is 5. The predicted molar refractivity (Wildman–Crippen MR) is 109 cm³/mol. The van der Waals surface area contributed by atoms with Gasteiger partial charge in [0, 0.05) is 12.8 Å². The number of hydrogen-bond donors (Lipinski definition) is 0. The third-order valence-corrected chi connectivity index (χ3v) is 6.13. The van der Waals surface area contributed by atoms with Gasteiger partial charge >= 0.3 is 5.97 Å². The molecular weight excluding hydrogens is 368 g/mol. The second kappa shape index (κ2) is 9.88. The Balaban J connectivity index is 1.45. The summed E-state index contributed by atoms with van der Waals surface area (Å²) in [5.74, 6) is -0.736. The van der Waals surface area contributed by atoms with Gasteiger partial charge in [0.25, 0.3) is 0 Å². The first-order valence-corrected chi connectivity index (χ1v) is 11.0. The number of ether oxygens (including phenoxy) is 4. The van der Waals surface area contributed by atoms with E-state index in [1.54, 1.807) is 0 Å². The predicted octanol–water partition coefficient (Wildman–Crippen LogP) is 4.34. The molecule has 158 valence electrons. The van der Waals surface area contributed by atoms with Gasteiger partial charge in [-0.05, 0) is 44.1 Å². The van der Waals surface area contributed by atoms with E-state index in [0.717, 1.165) is 44.9 Å². The van der Waals surface area contributed by atoms with Crippen LogP contribution >= 0.6 is 0 Å². The van der Waals surface area contributed by atoms with Crippen LogP contribution in [0.15, 0.2) is 42.5 Å². The van der Waals surface area contributed by atoms with Crippen LogP contribution in [0.4, 0.5) is 0 Å². The molecule has 1 unspecified atom stereocenters. The SMILES string of the molecule is O=C1CC2CCC[C@@]3(CC[C@H](O3)[C@H](CCc3ccccc3)OCC=CCCO1)O2. The highest BCUT2D eigenvalue weighted by atomic mass is 16.7. The lowest BCUT2D eigenvalue weighted by Gasteiger charge is -2.38. The van der Waals surface area contributed by atoms with Crippen molar-refractivity contribution in [1.29, 1.82) is 0 Å². The molecule has 5 heteroatoms. The molecule has 0 amide bonds. The lowest BCUT2D eigenvalue weighted by atomic mass is 9.96. The van der Waals surface area contributed by atoms with Gasteiger partial charge in [0.1, 0.15) is 0 Å². The Bertz CT molecular complexity index is 688. The average Bonchev–Trinajstić information content (AvgIpc) is 3.12. The van der Waals surface area contributed by atoms with Crippen molar-refractivity contribution in [3.05, 3.63) is 48.0 Å². The van der Waals surface area contributed by atoms with E-state index in [2.05, 4.69) is 24.3 Å². The van der Waals surface area contributed by atoms with Crippen LogP contribution < -0.4 is 0 Å². The highest BCUT2D eigenvalue weighted by Gasteiger charge is 2.47. The minimum atomic E-state index is -0.557. The topological polar surface area (TPSA) is 54.0 Å². The fraction of sp³-hybridized carbons (Fsp3) is 0.625. The molecule has 2 fully saturated rings. The second-order valence-corrected chi connectivity index (χ2v) is 8.32. The van der Waals surface area contributed by atoms with E-state index in [1.165, 1.54) is 5.56 Å². The van der Waals surface area contributed by atoms with Crippen LogP contribution in [0, 0.1) is 0 Å². The maximum absolute atomic E-state index is 12.1. The van der Waals surface area contributed by atoms with Gasteiger partial charge in [-0.2, -0.15) is 0 Å². The zero-order valence-electron chi connectivity index (χ0n) is 17.1. The van der Waals surface area contributed by atoms with Crippen LogP contribution in [-0.4, -0.2) is 43.3 Å². The Kier molecular flexibility index (Phi) is 7.01. The van der Waals surface area contributed by atoms with Crippen molar-refractivity contribution in [3.8, 4) is 0 Å². The third-order valence-electron chi connectivity index (χ3n) is 6.13. The summed E-state index contributed by atoms with van der Waals surface area (Å²) >= 11 is 0. The van der Waals surface area contributed by atoms with Crippen molar-refractivity contribution in [2.75, 3.05) is 13.2 Å². The molecule has 3 aliphatic rings. The largest absolute Gasteiger partial charge is 0.465 e. The molecule has 3 heterocycles. The van der Waals surface area contributed by atoms with Gasteiger partial charge in [-0.15, -0.1) is 0 Å². The Morgan fingerprint density at radius 2 is 1.93 bits per heavy atom. The molecule has 0 saturated carbocycles. The van der Waals surface area contributed by atoms with Crippen molar-refractivity contribution < 1.29 is 23.7 Å². The first-order chi connectivity index (χ1) is 14.2. The summed E-state index contributed by atoms with van der Waals surface area (Å²) in [4.78, 5) is 12.1. The van der Waals surface area contributed by atoms with E-state index in [-0.39, 0.29) is 24.3 Å². The minimum Gasteiger partial charge on any atom is -0.465 e. The number of esters is 1. The first kappa shape index (κ1) is 20.6. The summed E-state index contributed by atoms with van der Waals surface area (Å²) in [6.07, 6.45) is 11.5. The summed E-state index contributed by atoms with van der Waals surface area (Å²) in [5, 5.41) is 0. The zero-order valence-corrected chi connectivity index (χ0v) is 17.1. The smallest absolute Gasteiger partial charge is 0.308 e.